The number of anilines is 1. The normalized spacial score (nSPS) is 10.4. The summed E-state index contributed by atoms with van der Waals surface area (Å²) in [5.41, 5.74) is 0.919. The molecule has 0 bridgehead atoms. The van der Waals surface area contributed by atoms with Crippen molar-refractivity contribution < 1.29 is 4.74 Å². The second kappa shape index (κ2) is 7.33. The van der Waals surface area contributed by atoms with Crippen molar-refractivity contribution in [2.45, 2.75) is 27.2 Å². The monoisotopic (exact) mass is 257 g/mol. The van der Waals surface area contributed by atoms with Crippen LogP contribution in [0.5, 0.6) is 5.88 Å². The number of aromatic nitrogens is 2. The van der Waals surface area contributed by atoms with Crippen molar-refractivity contribution >= 4 is 17.5 Å². The minimum Gasteiger partial charge on any atom is -0.478 e. The van der Waals surface area contributed by atoms with E-state index in [2.05, 4.69) is 21.8 Å². The van der Waals surface area contributed by atoms with Gasteiger partial charge < -0.3 is 9.64 Å². The van der Waals surface area contributed by atoms with E-state index in [1.54, 1.807) is 0 Å². The molecule has 0 atom stereocenters. The third-order valence-corrected chi connectivity index (χ3v) is 2.60. The Morgan fingerprint density at radius 1 is 1.35 bits per heavy atom. The molecule has 0 spiro atoms. The van der Waals surface area contributed by atoms with Crippen molar-refractivity contribution in [3.05, 3.63) is 11.8 Å². The molecule has 1 aromatic rings. The molecular formula is C12H20ClN3O. The molecule has 0 saturated heterocycles. The molecule has 1 heterocycles. The molecule has 0 radical (unpaired) electrons. The first-order valence-corrected chi connectivity index (χ1v) is 6.54. The number of alkyl halides is 1. The van der Waals surface area contributed by atoms with Gasteiger partial charge in [0.1, 0.15) is 0 Å². The molecule has 96 valence electrons. The van der Waals surface area contributed by atoms with Crippen LogP contribution in [0.15, 0.2) is 6.07 Å². The molecular weight excluding hydrogens is 238 g/mol. The fourth-order valence-corrected chi connectivity index (χ4v) is 1.66. The van der Waals surface area contributed by atoms with E-state index in [1.807, 2.05) is 19.9 Å². The van der Waals surface area contributed by atoms with Crippen LogP contribution in [0.4, 0.5) is 5.95 Å². The lowest BCUT2D eigenvalue weighted by Gasteiger charge is -2.21. The van der Waals surface area contributed by atoms with Gasteiger partial charge >= 0.3 is 0 Å². The van der Waals surface area contributed by atoms with Crippen LogP contribution in [0.1, 0.15) is 26.0 Å². The highest BCUT2D eigenvalue weighted by atomic mass is 35.5. The molecule has 1 rings (SSSR count). The molecule has 0 aliphatic heterocycles. The van der Waals surface area contributed by atoms with Gasteiger partial charge in [-0.1, -0.05) is 0 Å². The van der Waals surface area contributed by atoms with Crippen LogP contribution in [0.3, 0.4) is 0 Å². The Kier molecular flexibility index (Phi) is 6.05. The van der Waals surface area contributed by atoms with Crippen molar-refractivity contribution in [2.75, 3.05) is 30.5 Å². The van der Waals surface area contributed by atoms with Crippen molar-refractivity contribution in [1.82, 2.24) is 9.97 Å². The predicted octanol–water partition coefficient (Wildman–Crippen LogP) is 2.64. The molecule has 0 aromatic carbocycles. The lowest BCUT2D eigenvalue weighted by atomic mass is 10.4. The first kappa shape index (κ1) is 14.0. The van der Waals surface area contributed by atoms with Crippen LogP contribution >= 0.6 is 11.6 Å². The second-order valence-electron chi connectivity index (χ2n) is 3.70. The van der Waals surface area contributed by atoms with Crippen molar-refractivity contribution in [3.63, 3.8) is 0 Å². The molecule has 0 aliphatic rings. The van der Waals surface area contributed by atoms with Crippen LogP contribution in [0.2, 0.25) is 0 Å². The van der Waals surface area contributed by atoms with Gasteiger partial charge in [-0.15, -0.1) is 11.6 Å². The number of hydrogen-bond acceptors (Lipinski definition) is 4. The van der Waals surface area contributed by atoms with E-state index in [1.165, 1.54) is 0 Å². The summed E-state index contributed by atoms with van der Waals surface area (Å²) in [7, 11) is 0. The Bertz CT molecular complexity index is 347. The Morgan fingerprint density at radius 3 is 2.71 bits per heavy atom. The molecule has 0 unspecified atom stereocenters. The lowest BCUT2D eigenvalue weighted by Crippen LogP contribution is -2.26. The number of aryl methyl sites for hydroxylation is 1. The van der Waals surface area contributed by atoms with E-state index in [0.29, 0.717) is 18.4 Å². The molecule has 1 aromatic heterocycles. The molecule has 0 fully saturated rings. The molecule has 17 heavy (non-hydrogen) atoms. The first-order chi connectivity index (χ1) is 8.21. The molecule has 0 aliphatic carbocycles. The highest BCUT2D eigenvalue weighted by Gasteiger charge is 2.09. The standard InChI is InChI=1S/C12H20ClN3O/c1-4-16(8-6-7-13)12-14-10(3)9-11(15-12)17-5-2/h9H,4-8H2,1-3H3. The highest BCUT2D eigenvalue weighted by Crippen LogP contribution is 2.15. The Hall–Kier alpha value is -1.03. The van der Waals surface area contributed by atoms with Crippen molar-refractivity contribution in [1.29, 1.82) is 0 Å². The maximum absolute atomic E-state index is 5.71. The van der Waals surface area contributed by atoms with Crippen LogP contribution in [-0.4, -0.2) is 35.5 Å². The number of rotatable bonds is 7. The highest BCUT2D eigenvalue weighted by molar-refractivity contribution is 6.17. The number of halogens is 1. The smallest absolute Gasteiger partial charge is 0.228 e. The third-order valence-electron chi connectivity index (χ3n) is 2.34. The van der Waals surface area contributed by atoms with E-state index in [9.17, 15) is 0 Å². The largest absolute Gasteiger partial charge is 0.478 e. The van der Waals surface area contributed by atoms with E-state index in [0.717, 1.165) is 31.2 Å². The van der Waals surface area contributed by atoms with Gasteiger partial charge in [-0.05, 0) is 27.2 Å². The van der Waals surface area contributed by atoms with Gasteiger partial charge in [0.25, 0.3) is 0 Å². The summed E-state index contributed by atoms with van der Waals surface area (Å²) >= 11 is 5.71. The summed E-state index contributed by atoms with van der Waals surface area (Å²) in [6.07, 6.45) is 0.927. The van der Waals surface area contributed by atoms with E-state index in [4.69, 9.17) is 16.3 Å². The zero-order valence-electron chi connectivity index (χ0n) is 10.7. The molecule has 0 saturated carbocycles. The number of ether oxygens (including phenoxy) is 1. The van der Waals surface area contributed by atoms with Crippen LogP contribution < -0.4 is 9.64 Å². The minimum atomic E-state index is 0.615. The zero-order chi connectivity index (χ0) is 12.7. The van der Waals surface area contributed by atoms with Gasteiger partial charge in [-0.3, -0.25) is 0 Å². The van der Waals surface area contributed by atoms with Crippen LogP contribution in [-0.2, 0) is 0 Å². The van der Waals surface area contributed by atoms with E-state index in [-0.39, 0.29) is 0 Å². The van der Waals surface area contributed by atoms with Crippen molar-refractivity contribution in [3.8, 4) is 5.88 Å². The summed E-state index contributed by atoms with van der Waals surface area (Å²) in [4.78, 5) is 10.9. The van der Waals surface area contributed by atoms with E-state index < -0.39 is 0 Å². The maximum Gasteiger partial charge on any atom is 0.228 e. The van der Waals surface area contributed by atoms with Gasteiger partial charge in [0.05, 0.1) is 6.61 Å². The third kappa shape index (κ3) is 4.38. The van der Waals surface area contributed by atoms with Gasteiger partial charge in [-0.25, -0.2) is 4.98 Å². The summed E-state index contributed by atoms with van der Waals surface area (Å²) in [6, 6.07) is 1.85. The molecule has 4 nitrogen and oxygen atoms in total. The first-order valence-electron chi connectivity index (χ1n) is 6.00. The molecule has 5 heteroatoms. The Morgan fingerprint density at radius 2 is 2.12 bits per heavy atom. The summed E-state index contributed by atoms with van der Waals surface area (Å²) < 4.78 is 5.42. The average Bonchev–Trinajstić information content (AvgIpc) is 2.30. The Balaban J connectivity index is 2.85. The second-order valence-corrected chi connectivity index (χ2v) is 4.08. The summed E-state index contributed by atoms with van der Waals surface area (Å²) in [6.45, 7) is 8.33. The fraction of sp³-hybridized carbons (Fsp3) is 0.667. The lowest BCUT2D eigenvalue weighted by molar-refractivity contribution is 0.326. The quantitative estimate of drug-likeness (QED) is 0.704. The SMILES string of the molecule is CCOc1cc(C)nc(N(CC)CCCCl)n1. The summed E-state index contributed by atoms with van der Waals surface area (Å²) in [5, 5.41) is 0. The fourth-order valence-electron chi connectivity index (χ4n) is 1.54. The predicted molar refractivity (Wildman–Crippen MR) is 71.2 cm³/mol. The Labute approximate surface area is 108 Å². The maximum atomic E-state index is 5.71. The molecule has 0 N–H and O–H groups in total. The minimum absolute atomic E-state index is 0.615. The van der Waals surface area contributed by atoms with Crippen molar-refractivity contribution in [2.24, 2.45) is 0 Å². The molecule has 0 amide bonds. The van der Waals surface area contributed by atoms with Crippen LogP contribution in [0.25, 0.3) is 0 Å². The topological polar surface area (TPSA) is 38.2 Å². The number of hydrogen-bond donors (Lipinski definition) is 0. The van der Waals surface area contributed by atoms with Gasteiger partial charge in [0.2, 0.25) is 11.8 Å². The van der Waals surface area contributed by atoms with Gasteiger partial charge in [0, 0.05) is 30.7 Å². The number of nitrogens with zero attached hydrogens (tertiary/aromatic N) is 3. The summed E-state index contributed by atoms with van der Waals surface area (Å²) in [5.74, 6) is 2.01. The zero-order valence-corrected chi connectivity index (χ0v) is 11.5. The average molecular weight is 258 g/mol. The van der Waals surface area contributed by atoms with Gasteiger partial charge in [0.15, 0.2) is 0 Å². The van der Waals surface area contributed by atoms with Gasteiger partial charge in [-0.2, -0.15) is 4.98 Å². The van der Waals surface area contributed by atoms with Crippen LogP contribution in [0, 0.1) is 6.92 Å². The van der Waals surface area contributed by atoms with E-state index >= 15 is 0 Å².